The van der Waals surface area contributed by atoms with E-state index in [0.717, 1.165) is 50.3 Å². The van der Waals surface area contributed by atoms with Gasteiger partial charge < -0.3 is 0 Å². The summed E-state index contributed by atoms with van der Waals surface area (Å²) in [7, 11) is 0. The first-order valence-electron chi connectivity index (χ1n) is 13.2. The van der Waals surface area contributed by atoms with Gasteiger partial charge in [-0.05, 0) is 40.6 Å². The Morgan fingerprint density at radius 1 is 0.463 bits per heavy atom. The van der Waals surface area contributed by atoms with Gasteiger partial charge in [0.05, 0.1) is 22.2 Å². The van der Waals surface area contributed by atoms with Gasteiger partial charge >= 0.3 is 0 Å². The average Bonchev–Trinajstić information content (AvgIpc) is 3.46. The summed E-state index contributed by atoms with van der Waals surface area (Å²) >= 11 is 0. The van der Waals surface area contributed by atoms with Crippen LogP contribution in [0.4, 0.5) is 0 Å². The number of hydrogen-bond donors (Lipinski definition) is 0. The van der Waals surface area contributed by atoms with E-state index in [1.807, 2.05) is 91.0 Å². The largest absolute Gasteiger partial charge is 0.296 e. The fourth-order valence-corrected chi connectivity index (χ4v) is 5.01. The molecule has 2 heterocycles. The van der Waals surface area contributed by atoms with Crippen LogP contribution in [-0.2, 0) is 20.1 Å². The van der Waals surface area contributed by atoms with E-state index < -0.39 is 0 Å². The van der Waals surface area contributed by atoms with Crippen molar-refractivity contribution >= 4 is 34.1 Å². The van der Waals surface area contributed by atoms with Crippen LogP contribution in [0.1, 0.15) is 11.1 Å². The van der Waals surface area contributed by atoms with Crippen molar-refractivity contribution in [2.45, 2.75) is 0 Å². The molecule has 0 bridgehead atoms. The SMILES string of the molecule is [Ir].[c-]1ccccc1-c1cc2c3c(cccc3n1)C=C2.[c-]1ccccc1-c1nc2ccccc2nc1-c1ccccc1. The topological polar surface area (TPSA) is 38.7 Å². The van der Waals surface area contributed by atoms with E-state index in [0.29, 0.717) is 0 Å². The molecule has 0 saturated carbocycles. The molecule has 4 heteroatoms. The molecule has 0 unspecified atom stereocenters. The molecule has 3 nitrogen and oxygen atoms in total. The summed E-state index contributed by atoms with van der Waals surface area (Å²) in [4.78, 5) is 14.4. The van der Waals surface area contributed by atoms with Crippen LogP contribution >= 0.6 is 0 Å². The first kappa shape index (κ1) is 26.5. The molecule has 1 radical (unpaired) electrons. The van der Waals surface area contributed by atoms with Gasteiger partial charge in [0.2, 0.25) is 0 Å². The Hall–Kier alpha value is -4.76. The Bertz CT molecular complexity index is 1910. The molecular weight excluding hydrogens is 679 g/mol. The molecule has 0 fully saturated rings. The van der Waals surface area contributed by atoms with Crippen molar-refractivity contribution in [2.75, 3.05) is 0 Å². The number of hydrogen-bond acceptors (Lipinski definition) is 3. The van der Waals surface area contributed by atoms with Gasteiger partial charge in [0, 0.05) is 31.2 Å². The quantitative estimate of drug-likeness (QED) is 0.173. The molecule has 2 aromatic heterocycles. The average molecular weight is 702 g/mol. The van der Waals surface area contributed by atoms with Gasteiger partial charge in [-0.2, -0.15) is 0 Å². The minimum atomic E-state index is 0. The molecule has 7 aromatic rings. The van der Waals surface area contributed by atoms with Crippen LogP contribution in [0.25, 0.3) is 67.9 Å². The maximum atomic E-state index is 4.84. The van der Waals surface area contributed by atoms with Crippen LogP contribution < -0.4 is 0 Å². The van der Waals surface area contributed by atoms with Gasteiger partial charge in [0.15, 0.2) is 0 Å². The minimum Gasteiger partial charge on any atom is -0.296 e. The Morgan fingerprint density at radius 2 is 1.07 bits per heavy atom. The van der Waals surface area contributed by atoms with E-state index in [1.54, 1.807) is 0 Å². The summed E-state index contributed by atoms with van der Waals surface area (Å²) in [5.41, 5.74) is 11.2. The Balaban J connectivity index is 0.000000146. The van der Waals surface area contributed by atoms with Crippen molar-refractivity contribution in [2.24, 2.45) is 0 Å². The Labute approximate surface area is 252 Å². The van der Waals surface area contributed by atoms with Gasteiger partial charge in [-0.1, -0.05) is 72.8 Å². The third-order valence-electron chi connectivity index (χ3n) is 6.91. The van der Waals surface area contributed by atoms with Crippen LogP contribution in [-0.4, -0.2) is 15.0 Å². The standard InChI is InChI=1S/C20H13N2.C17H10N.Ir/c1-3-9-15(10-4-1)19-20(16-11-5-2-6-12-16)22-18-14-8-7-13-17(18)21-19;1-2-5-12(6-3-1)16-11-14-10-9-13-7-4-8-15(18-16)17(13)14;/h1-11,13-14H;1-5,7-11H;/q2*-1;. The Morgan fingerprint density at radius 3 is 1.78 bits per heavy atom. The zero-order chi connectivity index (χ0) is 26.7. The van der Waals surface area contributed by atoms with E-state index in [2.05, 4.69) is 60.7 Å². The van der Waals surface area contributed by atoms with E-state index in [-0.39, 0.29) is 20.1 Å². The summed E-state index contributed by atoms with van der Waals surface area (Å²) in [6.45, 7) is 0. The molecule has 8 rings (SSSR count). The van der Waals surface area contributed by atoms with Crippen LogP contribution in [0.2, 0.25) is 0 Å². The molecule has 197 valence electrons. The van der Waals surface area contributed by atoms with Gasteiger partial charge in [-0.25, -0.2) is 0 Å². The van der Waals surface area contributed by atoms with Crippen molar-refractivity contribution in [3.8, 4) is 33.8 Å². The summed E-state index contributed by atoms with van der Waals surface area (Å²) < 4.78 is 0. The van der Waals surface area contributed by atoms with Gasteiger partial charge in [-0.3, -0.25) is 15.0 Å². The van der Waals surface area contributed by atoms with E-state index in [9.17, 15) is 0 Å². The normalized spacial score (nSPS) is 11.1. The first-order valence-corrected chi connectivity index (χ1v) is 13.2. The Kier molecular flexibility index (Phi) is 7.60. The molecule has 5 aromatic carbocycles. The molecule has 0 amide bonds. The number of nitrogens with zero attached hydrogens (tertiary/aromatic N) is 3. The molecule has 1 aliphatic rings. The van der Waals surface area contributed by atoms with E-state index in [4.69, 9.17) is 15.0 Å². The van der Waals surface area contributed by atoms with Crippen LogP contribution in [0, 0.1) is 12.1 Å². The number of fused-ring (bicyclic) bond motifs is 1. The number of rotatable bonds is 3. The van der Waals surface area contributed by atoms with Crippen LogP contribution in [0.3, 0.4) is 0 Å². The predicted octanol–water partition coefficient (Wildman–Crippen LogP) is 8.95. The molecule has 0 aliphatic heterocycles. The zero-order valence-electron chi connectivity index (χ0n) is 22.0. The second-order valence-corrected chi connectivity index (χ2v) is 9.50. The van der Waals surface area contributed by atoms with Crippen molar-refractivity contribution in [1.29, 1.82) is 0 Å². The summed E-state index contributed by atoms with van der Waals surface area (Å²) in [5, 5.41) is 1.26. The zero-order valence-corrected chi connectivity index (χ0v) is 24.3. The summed E-state index contributed by atoms with van der Waals surface area (Å²) in [5.74, 6) is 0. The molecule has 0 N–H and O–H groups in total. The molecule has 41 heavy (non-hydrogen) atoms. The second kappa shape index (κ2) is 11.8. The molecule has 1 aliphatic carbocycles. The second-order valence-electron chi connectivity index (χ2n) is 9.50. The maximum absolute atomic E-state index is 4.84. The fraction of sp³-hybridized carbons (Fsp3) is 0. The van der Waals surface area contributed by atoms with E-state index >= 15 is 0 Å². The van der Waals surface area contributed by atoms with Crippen molar-refractivity contribution in [3.05, 3.63) is 151 Å². The van der Waals surface area contributed by atoms with Crippen molar-refractivity contribution < 1.29 is 20.1 Å². The van der Waals surface area contributed by atoms with E-state index in [1.165, 1.54) is 16.5 Å². The minimum absolute atomic E-state index is 0. The number of para-hydroxylation sites is 2. The van der Waals surface area contributed by atoms with Gasteiger partial charge in [0.25, 0.3) is 0 Å². The van der Waals surface area contributed by atoms with Crippen molar-refractivity contribution in [3.63, 3.8) is 0 Å². The van der Waals surface area contributed by atoms with Crippen LogP contribution in [0.5, 0.6) is 0 Å². The number of benzene rings is 5. The molecule has 0 atom stereocenters. The smallest absolute Gasteiger partial charge is 0.0875 e. The summed E-state index contributed by atoms with van der Waals surface area (Å²) in [6, 6.07) is 48.8. The first-order chi connectivity index (χ1) is 19.8. The predicted molar refractivity (Wildman–Crippen MR) is 164 cm³/mol. The van der Waals surface area contributed by atoms with Crippen LogP contribution in [0.15, 0.2) is 127 Å². The number of pyridine rings is 1. The summed E-state index contributed by atoms with van der Waals surface area (Å²) in [6.07, 6.45) is 4.31. The van der Waals surface area contributed by atoms with Gasteiger partial charge in [-0.15, -0.1) is 71.8 Å². The molecule has 0 saturated heterocycles. The third kappa shape index (κ3) is 5.36. The molecular formula is C37H23IrN3-2. The number of aromatic nitrogens is 3. The monoisotopic (exact) mass is 702 g/mol. The third-order valence-corrected chi connectivity index (χ3v) is 6.91. The molecule has 0 spiro atoms. The van der Waals surface area contributed by atoms with Gasteiger partial charge in [0.1, 0.15) is 0 Å². The maximum Gasteiger partial charge on any atom is 0.0875 e. The fourth-order valence-electron chi connectivity index (χ4n) is 5.01. The van der Waals surface area contributed by atoms with Crippen molar-refractivity contribution in [1.82, 2.24) is 15.0 Å².